The van der Waals surface area contributed by atoms with Crippen LogP contribution in [0.1, 0.15) is 72.6 Å². The van der Waals surface area contributed by atoms with E-state index in [9.17, 15) is 14.7 Å². The molecule has 2 atom stereocenters. The summed E-state index contributed by atoms with van der Waals surface area (Å²) in [6, 6.07) is -0.845. The van der Waals surface area contributed by atoms with Gasteiger partial charge in [-0.2, -0.15) is 0 Å². The van der Waals surface area contributed by atoms with Crippen LogP contribution in [-0.2, 0) is 9.59 Å². The minimum Gasteiger partial charge on any atom is -0.846 e. The fourth-order valence-electron chi connectivity index (χ4n) is 2.87. The second kappa shape index (κ2) is 13.8. The Bertz CT molecular complexity index is 412. The summed E-state index contributed by atoms with van der Waals surface area (Å²) in [4.78, 5) is 27.1. The van der Waals surface area contributed by atoms with Crippen LogP contribution in [0.25, 0.3) is 0 Å². The summed E-state index contributed by atoms with van der Waals surface area (Å²) < 4.78 is 0. The second-order valence-electron chi connectivity index (χ2n) is 6.04. The van der Waals surface area contributed by atoms with Crippen molar-refractivity contribution in [2.75, 3.05) is 6.54 Å². The molecule has 0 aromatic heterocycles. The van der Waals surface area contributed by atoms with Crippen LogP contribution in [0.5, 0.6) is 0 Å². The van der Waals surface area contributed by atoms with Crippen molar-refractivity contribution in [1.82, 2.24) is 5.32 Å². The van der Waals surface area contributed by atoms with Crippen LogP contribution in [-0.4, -0.2) is 24.4 Å². The van der Waals surface area contributed by atoms with Crippen LogP contribution in [0, 0.1) is 11.3 Å². The minimum atomic E-state index is -1.15. The van der Waals surface area contributed by atoms with Gasteiger partial charge in [0.15, 0.2) is 0 Å². The van der Waals surface area contributed by atoms with Crippen molar-refractivity contribution in [2.45, 2.75) is 72.6 Å². The molecule has 1 heterocycles. The van der Waals surface area contributed by atoms with Gasteiger partial charge >= 0.3 is 29.6 Å². The van der Waals surface area contributed by atoms with E-state index >= 15 is 0 Å². The fourth-order valence-corrected chi connectivity index (χ4v) is 2.87. The van der Waals surface area contributed by atoms with Crippen LogP contribution in [0.2, 0.25) is 0 Å². The first-order valence-electron chi connectivity index (χ1n) is 8.72. The number of carbonyl (C=O) groups is 2. The van der Waals surface area contributed by atoms with Gasteiger partial charge in [-0.15, -0.1) is 0 Å². The van der Waals surface area contributed by atoms with E-state index in [-0.39, 0.29) is 35.5 Å². The topological polar surface area (TPSA) is 108 Å². The molecule has 0 bridgehead atoms. The molecule has 24 heavy (non-hydrogen) atoms. The summed E-state index contributed by atoms with van der Waals surface area (Å²) in [5.41, 5.74) is 4.12. The molecular weight excluding hydrogens is 317 g/mol. The first-order valence-corrected chi connectivity index (χ1v) is 8.72. The third kappa shape index (κ3) is 7.21. The average molecular weight is 349 g/mol. The van der Waals surface area contributed by atoms with Crippen molar-refractivity contribution < 1.29 is 44.3 Å². The van der Waals surface area contributed by atoms with E-state index in [1.807, 2.05) is 13.8 Å². The quantitative estimate of drug-likeness (QED) is 0.323. The number of nitrogens with zero attached hydrogens (tertiary/aromatic N) is 1. The molecule has 0 aromatic rings. The maximum Gasteiger partial charge on any atom is 1.00 e. The Morgan fingerprint density at radius 3 is 2.21 bits per heavy atom. The van der Waals surface area contributed by atoms with Crippen LogP contribution in [0.3, 0.4) is 0 Å². The van der Waals surface area contributed by atoms with E-state index in [0.717, 1.165) is 19.4 Å². The first kappa shape index (κ1) is 25.8. The van der Waals surface area contributed by atoms with Crippen molar-refractivity contribution in [2.24, 2.45) is 22.1 Å². The Balaban J connectivity index is 0. The Labute approximate surface area is 168 Å². The predicted molar refractivity (Wildman–Crippen MR) is 90.6 cm³/mol. The van der Waals surface area contributed by atoms with Gasteiger partial charge in [-0.1, -0.05) is 53.4 Å². The average Bonchev–Trinajstić information content (AvgIpc) is 2.49. The zero-order valence-corrected chi connectivity index (χ0v) is 18.0. The maximum absolute atomic E-state index is 11.9. The minimum absolute atomic E-state index is 0. The van der Waals surface area contributed by atoms with Gasteiger partial charge in [-0.05, 0) is 31.7 Å². The molecule has 0 saturated heterocycles. The number of amides is 2. The van der Waals surface area contributed by atoms with E-state index in [2.05, 4.69) is 17.2 Å². The molecule has 1 rings (SSSR count). The smallest absolute Gasteiger partial charge is 0.846 e. The van der Waals surface area contributed by atoms with Gasteiger partial charge < -0.3 is 16.2 Å². The van der Waals surface area contributed by atoms with Crippen LogP contribution in [0.15, 0.2) is 4.99 Å². The molecule has 0 spiro atoms. The van der Waals surface area contributed by atoms with Gasteiger partial charge in [0, 0.05) is 0 Å². The van der Waals surface area contributed by atoms with Crippen molar-refractivity contribution in [3.8, 4) is 0 Å². The van der Waals surface area contributed by atoms with Crippen molar-refractivity contribution >= 4 is 17.8 Å². The Hall–Kier alpha value is -0.430. The SMILES string of the molecule is CCCC(C)C1(CC)C(=O)N=C([O-])NC1=O.CCCCCCN.[Na+]. The third-order valence-electron chi connectivity index (χ3n) is 4.39. The molecule has 0 radical (unpaired) electrons. The van der Waals surface area contributed by atoms with E-state index in [0.29, 0.717) is 6.42 Å². The van der Waals surface area contributed by atoms with Gasteiger partial charge in [0.2, 0.25) is 5.91 Å². The largest absolute Gasteiger partial charge is 1.00 e. The molecule has 1 aliphatic rings. The number of aliphatic imine (C=N–C) groups is 1. The predicted octanol–water partition coefficient (Wildman–Crippen LogP) is -1.28. The Morgan fingerprint density at radius 1 is 1.17 bits per heavy atom. The number of rotatable bonds is 8. The number of nitrogens with one attached hydrogen (secondary N) is 1. The monoisotopic (exact) mass is 349 g/mol. The first-order chi connectivity index (χ1) is 10.9. The molecule has 3 N–H and O–H groups in total. The van der Waals surface area contributed by atoms with Gasteiger partial charge in [0.25, 0.3) is 5.91 Å². The maximum atomic E-state index is 11.9. The molecule has 134 valence electrons. The third-order valence-corrected chi connectivity index (χ3v) is 4.39. The van der Waals surface area contributed by atoms with Crippen molar-refractivity contribution in [3.05, 3.63) is 0 Å². The molecule has 1 aliphatic heterocycles. The second-order valence-corrected chi connectivity index (χ2v) is 6.04. The zero-order valence-electron chi connectivity index (χ0n) is 16.0. The van der Waals surface area contributed by atoms with E-state index in [1.165, 1.54) is 25.7 Å². The molecule has 0 aliphatic carbocycles. The van der Waals surface area contributed by atoms with Gasteiger partial charge in [0.05, 0.1) is 6.02 Å². The molecule has 6 nitrogen and oxygen atoms in total. The number of carbonyl (C=O) groups excluding carboxylic acids is 2. The number of hydrogen-bond donors (Lipinski definition) is 2. The van der Waals surface area contributed by atoms with Gasteiger partial charge in [-0.25, -0.2) is 4.99 Å². The molecule has 0 fully saturated rings. The summed E-state index contributed by atoms with van der Waals surface area (Å²) in [5, 5.41) is 13.1. The number of unbranched alkanes of at least 4 members (excludes halogenated alkanes) is 3. The van der Waals surface area contributed by atoms with E-state index < -0.39 is 23.3 Å². The normalized spacial score (nSPS) is 21.0. The standard InChI is InChI=1S/C11H18N2O3.C6H15N.Na/c1-4-6-7(3)11(5-2)8(14)12-10(16)13-9(11)15;1-2-3-4-5-6-7;/h7H,4-6H2,1-3H3,(H2,12,13,14,15,16);2-7H2,1H3;/q;;+1/p-1. The summed E-state index contributed by atoms with van der Waals surface area (Å²) in [5.74, 6) is -1.20. The summed E-state index contributed by atoms with van der Waals surface area (Å²) >= 11 is 0. The number of hydrogen-bond acceptors (Lipinski definition) is 4. The van der Waals surface area contributed by atoms with Gasteiger partial charge in [0.1, 0.15) is 5.41 Å². The van der Waals surface area contributed by atoms with Gasteiger partial charge in [-0.3, -0.25) is 9.59 Å². The Morgan fingerprint density at radius 2 is 1.79 bits per heavy atom. The number of nitrogens with two attached hydrogens (primary N) is 1. The number of amidine groups is 1. The summed E-state index contributed by atoms with van der Waals surface area (Å²) in [6.45, 7) is 8.69. The van der Waals surface area contributed by atoms with Crippen LogP contribution >= 0.6 is 0 Å². The molecule has 0 saturated carbocycles. The fraction of sp³-hybridized carbons (Fsp3) is 0.824. The zero-order chi connectivity index (χ0) is 17.9. The van der Waals surface area contributed by atoms with E-state index in [1.54, 1.807) is 6.92 Å². The van der Waals surface area contributed by atoms with Crippen molar-refractivity contribution in [3.63, 3.8) is 0 Å². The molecular formula is C17H32N3NaO3. The van der Waals surface area contributed by atoms with Crippen LogP contribution in [0.4, 0.5) is 0 Å². The summed E-state index contributed by atoms with van der Waals surface area (Å²) in [6.07, 6.45) is 7.18. The molecule has 2 amide bonds. The van der Waals surface area contributed by atoms with Crippen molar-refractivity contribution in [1.29, 1.82) is 0 Å². The summed E-state index contributed by atoms with van der Waals surface area (Å²) in [7, 11) is 0. The Kier molecular flexibility index (Phi) is 14.9. The van der Waals surface area contributed by atoms with Crippen LogP contribution < -0.4 is 45.7 Å². The molecule has 2 unspecified atom stereocenters. The van der Waals surface area contributed by atoms with E-state index in [4.69, 9.17) is 5.73 Å². The molecule has 0 aromatic carbocycles. The molecule has 7 heteroatoms.